The molecule has 0 atom stereocenters. The Morgan fingerprint density at radius 1 is 1.12 bits per heavy atom. The molecule has 0 bridgehead atoms. The molecule has 2 rings (SSSR count). The number of nitrogens with two attached hydrogens (primary N) is 1. The highest BCUT2D eigenvalue weighted by molar-refractivity contribution is 5.84. The summed E-state index contributed by atoms with van der Waals surface area (Å²) in [6.45, 7) is 7.88. The molecular formula is C20H26N2O2. The van der Waals surface area contributed by atoms with Gasteiger partial charge in [0.25, 0.3) is 0 Å². The molecule has 0 unspecified atom stereocenters. The first-order valence-corrected chi connectivity index (χ1v) is 7.71. The number of hydrogen-bond donors (Lipinski definition) is 2. The Balaban J connectivity index is 0.000000341. The summed E-state index contributed by atoms with van der Waals surface area (Å²) < 4.78 is 0. The topological polar surface area (TPSA) is 66.6 Å². The first-order chi connectivity index (χ1) is 11.2. The van der Waals surface area contributed by atoms with Crippen molar-refractivity contribution in [3.05, 3.63) is 65.7 Å². The van der Waals surface area contributed by atoms with Gasteiger partial charge in [-0.15, -0.1) is 0 Å². The Morgan fingerprint density at radius 3 is 1.96 bits per heavy atom. The van der Waals surface area contributed by atoms with Crippen molar-refractivity contribution in [2.75, 3.05) is 24.7 Å². The molecule has 0 spiro atoms. The van der Waals surface area contributed by atoms with Gasteiger partial charge < -0.3 is 15.7 Å². The second-order valence-electron chi connectivity index (χ2n) is 5.94. The number of carbonyl (C=O) groups is 1. The molecule has 0 aliphatic rings. The van der Waals surface area contributed by atoms with Crippen molar-refractivity contribution in [1.82, 2.24) is 0 Å². The van der Waals surface area contributed by atoms with Gasteiger partial charge in [0.1, 0.15) is 0 Å². The van der Waals surface area contributed by atoms with Gasteiger partial charge in [-0.25, -0.2) is 0 Å². The van der Waals surface area contributed by atoms with Crippen LogP contribution < -0.4 is 10.6 Å². The number of hydrogen-bond acceptors (Lipinski definition) is 3. The Morgan fingerprint density at radius 2 is 1.62 bits per heavy atom. The summed E-state index contributed by atoms with van der Waals surface area (Å²) in [6, 6.07) is 13.5. The van der Waals surface area contributed by atoms with Crippen LogP contribution in [0.2, 0.25) is 0 Å². The van der Waals surface area contributed by atoms with Crippen LogP contribution in [0.3, 0.4) is 0 Å². The molecular weight excluding hydrogens is 300 g/mol. The van der Waals surface area contributed by atoms with E-state index >= 15 is 0 Å². The summed E-state index contributed by atoms with van der Waals surface area (Å²) in [4.78, 5) is 12.7. The molecule has 0 aromatic heterocycles. The van der Waals surface area contributed by atoms with E-state index in [-0.39, 0.29) is 6.42 Å². The molecule has 0 fully saturated rings. The van der Waals surface area contributed by atoms with Crippen LogP contribution in [-0.4, -0.2) is 25.2 Å². The zero-order valence-electron chi connectivity index (χ0n) is 14.8. The van der Waals surface area contributed by atoms with Crippen LogP contribution in [-0.2, 0) is 4.79 Å². The third kappa shape index (κ3) is 5.80. The molecule has 0 aliphatic carbocycles. The third-order valence-electron chi connectivity index (χ3n) is 3.51. The molecule has 4 heteroatoms. The smallest absolute Gasteiger partial charge is 0.307 e. The minimum atomic E-state index is -0.845. The average molecular weight is 326 g/mol. The van der Waals surface area contributed by atoms with Crippen LogP contribution >= 0.6 is 0 Å². The fourth-order valence-electron chi connectivity index (χ4n) is 2.60. The van der Waals surface area contributed by atoms with Gasteiger partial charge in [0.15, 0.2) is 0 Å². The van der Waals surface area contributed by atoms with Crippen molar-refractivity contribution in [3.8, 4) is 0 Å². The maximum Gasteiger partial charge on any atom is 0.307 e. The van der Waals surface area contributed by atoms with Crippen LogP contribution in [0.15, 0.2) is 49.0 Å². The molecule has 0 amide bonds. The number of nitrogen functional groups attached to an aromatic ring is 1. The number of anilines is 2. The number of benzene rings is 2. The quantitative estimate of drug-likeness (QED) is 0.829. The fourth-order valence-corrected chi connectivity index (χ4v) is 2.60. The van der Waals surface area contributed by atoms with Gasteiger partial charge in [-0.1, -0.05) is 24.8 Å². The van der Waals surface area contributed by atoms with Gasteiger partial charge in [-0.3, -0.25) is 4.79 Å². The Labute approximate surface area is 144 Å². The molecule has 3 N–H and O–H groups in total. The van der Waals surface area contributed by atoms with Crippen LogP contribution in [0.4, 0.5) is 11.4 Å². The van der Waals surface area contributed by atoms with E-state index in [2.05, 4.69) is 11.5 Å². The van der Waals surface area contributed by atoms with E-state index in [0.29, 0.717) is 5.57 Å². The maximum absolute atomic E-state index is 10.7. The van der Waals surface area contributed by atoms with E-state index in [0.717, 1.165) is 22.4 Å². The predicted octanol–water partition coefficient (Wildman–Crippen LogP) is 4.13. The van der Waals surface area contributed by atoms with Gasteiger partial charge in [0, 0.05) is 25.5 Å². The van der Waals surface area contributed by atoms with Crippen LogP contribution in [0.25, 0.3) is 5.57 Å². The maximum atomic E-state index is 10.7. The van der Waals surface area contributed by atoms with E-state index in [4.69, 9.17) is 10.8 Å². The average Bonchev–Trinajstić information content (AvgIpc) is 2.46. The van der Waals surface area contributed by atoms with Gasteiger partial charge >= 0.3 is 5.97 Å². The normalized spacial score (nSPS) is 9.67. The second kappa shape index (κ2) is 8.77. The number of nitrogens with zero attached hydrogens (tertiary/aromatic N) is 1. The molecule has 4 nitrogen and oxygen atoms in total. The third-order valence-corrected chi connectivity index (χ3v) is 3.51. The number of para-hydroxylation sites is 1. The largest absolute Gasteiger partial charge is 0.481 e. The summed E-state index contributed by atoms with van der Waals surface area (Å²) >= 11 is 0. The van der Waals surface area contributed by atoms with E-state index in [9.17, 15) is 4.79 Å². The molecule has 128 valence electrons. The zero-order chi connectivity index (χ0) is 18.3. The Kier molecular flexibility index (Phi) is 7.05. The van der Waals surface area contributed by atoms with Crippen molar-refractivity contribution in [2.45, 2.75) is 20.3 Å². The van der Waals surface area contributed by atoms with E-state index in [1.165, 1.54) is 5.69 Å². The first-order valence-electron chi connectivity index (χ1n) is 7.71. The van der Waals surface area contributed by atoms with E-state index in [1.54, 1.807) is 0 Å². The zero-order valence-corrected chi connectivity index (χ0v) is 14.8. The van der Waals surface area contributed by atoms with Crippen molar-refractivity contribution < 1.29 is 9.90 Å². The number of carboxylic acid groups (broad SMARTS) is 1. The minimum absolute atomic E-state index is 0.0137. The molecule has 24 heavy (non-hydrogen) atoms. The number of aliphatic carboxylic acids is 1. The van der Waals surface area contributed by atoms with Crippen molar-refractivity contribution >= 4 is 22.9 Å². The van der Waals surface area contributed by atoms with Crippen molar-refractivity contribution in [2.24, 2.45) is 0 Å². The lowest BCUT2D eigenvalue weighted by atomic mass is 9.97. The van der Waals surface area contributed by atoms with E-state index < -0.39 is 5.97 Å². The summed E-state index contributed by atoms with van der Waals surface area (Å²) in [7, 11) is 4.00. The monoisotopic (exact) mass is 326 g/mol. The van der Waals surface area contributed by atoms with Crippen LogP contribution in [0, 0.1) is 13.8 Å². The minimum Gasteiger partial charge on any atom is -0.481 e. The van der Waals surface area contributed by atoms with Crippen LogP contribution in [0.1, 0.15) is 23.1 Å². The molecule has 0 heterocycles. The molecule has 2 aromatic rings. The van der Waals surface area contributed by atoms with Crippen molar-refractivity contribution in [3.63, 3.8) is 0 Å². The molecule has 0 radical (unpaired) electrons. The Bertz CT molecular complexity index is 684. The highest BCUT2D eigenvalue weighted by Crippen LogP contribution is 2.28. The van der Waals surface area contributed by atoms with Gasteiger partial charge in [0.2, 0.25) is 0 Å². The first kappa shape index (κ1) is 19.3. The second-order valence-corrected chi connectivity index (χ2v) is 5.94. The molecule has 2 aromatic carbocycles. The number of aryl methyl sites for hydroxylation is 2. The lowest BCUT2D eigenvalue weighted by molar-refractivity contribution is -0.135. The van der Waals surface area contributed by atoms with Crippen LogP contribution in [0.5, 0.6) is 0 Å². The molecule has 0 saturated heterocycles. The molecule has 0 aliphatic heterocycles. The van der Waals surface area contributed by atoms with E-state index in [1.807, 2.05) is 70.4 Å². The van der Waals surface area contributed by atoms with Gasteiger partial charge in [-0.2, -0.15) is 0 Å². The Hall–Kier alpha value is -2.75. The lowest BCUT2D eigenvalue weighted by Gasteiger charge is -2.20. The summed E-state index contributed by atoms with van der Waals surface area (Å²) in [5, 5.41) is 8.76. The fraction of sp³-hybridized carbons (Fsp3) is 0.250. The predicted molar refractivity (Wildman–Crippen MR) is 102 cm³/mol. The molecule has 0 saturated carbocycles. The highest BCUT2D eigenvalue weighted by Gasteiger charge is 2.10. The summed E-state index contributed by atoms with van der Waals surface area (Å²) in [5.74, 6) is -0.845. The standard InChI is InChI=1S/C14H19NO2.C6H7N/c1-9(8-13(16)17)12-6-10(2)14(15(4)5)11(3)7-12;7-6-4-2-1-3-5-6/h6-7H,1,8H2,2-5H3,(H,16,17);1-5H,7H2. The summed E-state index contributed by atoms with van der Waals surface area (Å²) in [6.07, 6.45) is -0.0137. The number of rotatable bonds is 4. The SMILES string of the molecule is C=C(CC(=O)O)c1cc(C)c(N(C)C)c(C)c1.Nc1ccccc1. The van der Waals surface area contributed by atoms with Crippen molar-refractivity contribution in [1.29, 1.82) is 0 Å². The lowest BCUT2D eigenvalue weighted by Crippen LogP contribution is -2.12. The summed E-state index contributed by atoms with van der Waals surface area (Å²) in [5.41, 5.74) is 11.2. The van der Waals surface area contributed by atoms with Gasteiger partial charge in [-0.05, 0) is 60.4 Å². The number of carboxylic acids is 1. The highest BCUT2D eigenvalue weighted by atomic mass is 16.4. The van der Waals surface area contributed by atoms with Gasteiger partial charge in [0.05, 0.1) is 6.42 Å².